The predicted octanol–water partition coefficient (Wildman–Crippen LogP) is 4.14. The Labute approximate surface area is 138 Å². The van der Waals surface area contributed by atoms with Crippen LogP contribution >= 0.6 is 15.9 Å². The summed E-state index contributed by atoms with van der Waals surface area (Å²) in [5, 5.41) is 8.93. The van der Waals surface area contributed by atoms with E-state index in [0.717, 1.165) is 24.1 Å². The molecule has 22 heavy (non-hydrogen) atoms. The number of carbonyl (C=O) groups is 1. The van der Waals surface area contributed by atoms with Gasteiger partial charge in [0.2, 0.25) is 0 Å². The molecule has 3 nitrogen and oxygen atoms in total. The molecular weight excluding hydrogens is 342 g/mol. The lowest BCUT2D eigenvalue weighted by Gasteiger charge is -2.16. The lowest BCUT2D eigenvalue weighted by molar-refractivity contribution is 0.0697. The molecular formula is C18H18BrNO2. The monoisotopic (exact) mass is 359 g/mol. The molecule has 4 heteroatoms. The number of benzene rings is 2. The number of halogens is 1. The Morgan fingerprint density at radius 1 is 1.23 bits per heavy atom. The summed E-state index contributed by atoms with van der Waals surface area (Å²) in [6.45, 7) is 3.01. The second-order valence-electron chi connectivity index (χ2n) is 5.78. The van der Waals surface area contributed by atoms with Crippen LogP contribution in [0.3, 0.4) is 0 Å². The van der Waals surface area contributed by atoms with Gasteiger partial charge in [0.1, 0.15) is 0 Å². The fourth-order valence-corrected chi connectivity index (χ4v) is 3.44. The van der Waals surface area contributed by atoms with E-state index in [4.69, 9.17) is 5.11 Å². The molecule has 1 fully saturated rings. The normalized spacial score (nSPS) is 18.5. The van der Waals surface area contributed by atoms with Gasteiger partial charge in [-0.05, 0) is 54.3 Å². The predicted molar refractivity (Wildman–Crippen MR) is 90.2 cm³/mol. The molecule has 1 aliphatic rings. The van der Waals surface area contributed by atoms with Gasteiger partial charge < -0.3 is 5.11 Å². The van der Waals surface area contributed by atoms with Crippen molar-refractivity contribution in [1.29, 1.82) is 0 Å². The van der Waals surface area contributed by atoms with Gasteiger partial charge in [-0.15, -0.1) is 0 Å². The number of aromatic carboxylic acids is 1. The summed E-state index contributed by atoms with van der Waals surface area (Å²) >= 11 is 3.53. The average molecular weight is 360 g/mol. The van der Waals surface area contributed by atoms with Crippen molar-refractivity contribution in [2.75, 3.05) is 13.1 Å². The smallest absolute Gasteiger partial charge is 0.335 e. The summed E-state index contributed by atoms with van der Waals surface area (Å²) < 4.78 is 1.13. The molecule has 0 radical (unpaired) electrons. The second-order valence-corrected chi connectivity index (χ2v) is 6.69. The maximum absolute atomic E-state index is 10.9. The molecule has 0 amide bonds. The van der Waals surface area contributed by atoms with E-state index >= 15 is 0 Å². The number of nitrogens with zero attached hydrogens (tertiary/aromatic N) is 1. The average Bonchev–Trinajstić information content (AvgIpc) is 2.96. The Hall–Kier alpha value is -1.65. The van der Waals surface area contributed by atoms with Gasteiger partial charge in [-0.2, -0.15) is 0 Å². The first kappa shape index (κ1) is 15.3. The first-order valence-corrected chi connectivity index (χ1v) is 8.21. The van der Waals surface area contributed by atoms with E-state index in [1.54, 1.807) is 12.1 Å². The minimum atomic E-state index is -0.873. The minimum Gasteiger partial charge on any atom is -0.478 e. The van der Waals surface area contributed by atoms with Crippen molar-refractivity contribution in [2.24, 2.45) is 0 Å². The molecule has 2 aromatic carbocycles. The summed E-state index contributed by atoms with van der Waals surface area (Å²) in [5.74, 6) is -0.293. The SMILES string of the molecule is O=C(O)c1ccc(CN2CCC(c3cccc(Br)c3)C2)cc1. The van der Waals surface area contributed by atoms with Gasteiger partial charge in [-0.1, -0.05) is 40.2 Å². The van der Waals surface area contributed by atoms with Crippen molar-refractivity contribution in [1.82, 2.24) is 4.90 Å². The third-order valence-corrected chi connectivity index (χ3v) is 4.69. The van der Waals surface area contributed by atoms with E-state index in [1.807, 2.05) is 12.1 Å². The van der Waals surface area contributed by atoms with E-state index in [0.29, 0.717) is 11.5 Å². The Balaban J connectivity index is 1.62. The van der Waals surface area contributed by atoms with Crippen molar-refractivity contribution < 1.29 is 9.90 Å². The van der Waals surface area contributed by atoms with Gasteiger partial charge in [-0.25, -0.2) is 4.79 Å². The van der Waals surface area contributed by atoms with Crippen LogP contribution in [-0.2, 0) is 6.54 Å². The minimum absolute atomic E-state index is 0.345. The van der Waals surface area contributed by atoms with E-state index in [1.165, 1.54) is 17.5 Å². The van der Waals surface area contributed by atoms with Gasteiger partial charge >= 0.3 is 5.97 Å². The lowest BCUT2D eigenvalue weighted by atomic mass is 9.99. The highest BCUT2D eigenvalue weighted by molar-refractivity contribution is 9.10. The van der Waals surface area contributed by atoms with E-state index in [2.05, 4.69) is 45.1 Å². The fraction of sp³-hybridized carbons (Fsp3) is 0.278. The Bertz CT molecular complexity index is 669. The summed E-state index contributed by atoms with van der Waals surface area (Å²) in [6.07, 6.45) is 1.17. The number of likely N-dealkylation sites (tertiary alicyclic amines) is 1. The zero-order valence-corrected chi connectivity index (χ0v) is 13.8. The molecule has 3 rings (SSSR count). The van der Waals surface area contributed by atoms with Gasteiger partial charge in [0.15, 0.2) is 0 Å². The molecule has 1 unspecified atom stereocenters. The molecule has 0 aliphatic carbocycles. The number of hydrogen-bond acceptors (Lipinski definition) is 2. The van der Waals surface area contributed by atoms with Crippen LogP contribution in [-0.4, -0.2) is 29.1 Å². The molecule has 2 aromatic rings. The summed E-state index contributed by atoms with van der Waals surface area (Å²) in [7, 11) is 0. The molecule has 0 saturated carbocycles. The highest BCUT2D eigenvalue weighted by atomic mass is 79.9. The molecule has 0 spiro atoms. The maximum atomic E-state index is 10.9. The van der Waals surface area contributed by atoms with E-state index in [9.17, 15) is 4.79 Å². The molecule has 1 N–H and O–H groups in total. The molecule has 1 aliphatic heterocycles. The topological polar surface area (TPSA) is 40.5 Å². The zero-order chi connectivity index (χ0) is 15.5. The van der Waals surface area contributed by atoms with Crippen LogP contribution in [0.25, 0.3) is 0 Å². The van der Waals surface area contributed by atoms with Crippen LogP contribution in [0.2, 0.25) is 0 Å². The third-order valence-electron chi connectivity index (χ3n) is 4.20. The van der Waals surface area contributed by atoms with Crippen molar-refractivity contribution >= 4 is 21.9 Å². The first-order chi connectivity index (χ1) is 10.6. The molecule has 114 valence electrons. The standard InChI is InChI=1S/C18H18BrNO2/c19-17-3-1-2-15(10-17)16-8-9-20(12-16)11-13-4-6-14(7-5-13)18(21)22/h1-7,10,16H,8-9,11-12H2,(H,21,22). The summed E-state index contributed by atoms with van der Waals surface area (Å²) in [4.78, 5) is 13.3. The lowest BCUT2D eigenvalue weighted by Crippen LogP contribution is -2.19. The highest BCUT2D eigenvalue weighted by Crippen LogP contribution is 2.29. The van der Waals surface area contributed by atoms with Crippen LogP contribution in [0.4, 0.5) is 0 Å². The van der Waals surface area contributed by atoms with E-state index < -0.39 is 5.97 Å². The molecule has 0 bridgehead atoms. The Kier molecular flexibility index (Phi) is 4.60. The van der Waals surface area contributed by atoms with Gasteiger partial charge in [-0.3, -0.25) is 4.90 Å². The number of hydrogen-bond donors (Lipinski definition) is 1. The van der Waals surface area contributed by atoms with Crippen LogP contribution in [0.15, 0.2) is 53.0 Å². The molecule has 1 atom stereocenters. The Morgan fingerprint density at radius 2 is 2.00 bits per heavy atom. The van der Waals surface area contributed by atoms with Crippen molar-refractivity contribution in [3.05, 3.63) is 69.7 Å². The van der Waals surface area contributed by atoms with Gasteiger partial charge in [0, 0.05) is 17.6 Å². The van der Waals surface area contributed by atoms with Crippen molar-refractivity contribution in [2.45, 2.75) is 18.9 Å². The number of carboxylic acid groups (broad SMARTS) is 1. The largest absolute Gasteiger partial charge is 0.478 e. The van der Waals surface area contributed by atoms with Crippen molar-refractivity contribution in [3.63, 3.8) is 0 Å². The zero-order valence-electron chi connectivity index (χ0n) is 12.2. The summed E-state index contributed by atoms with van der Waals surface area (Å²) in [5.41, 5.74) is 2.90. The fourth-order valence-electron chi connectivity index (χ4n) is 3.02. The van der Waals surface area contributed by atoms with Crippen LogP contribution in [0.5, 0.6) is 0 Å². The van der Waals surface area contributed by atoms with Crippen LogP contribution < -0.4 is 0 Å². The highest BCUT2D eigenvalue weighted by Gasteiger charge is 2.23. The van der Waals surface area contributed by atoms with Gasteiger partial charge in [0.05, 0.1) is 5.56 Å². The van der Waals surface area contributed by atoms with Gasteiger partial charge in [0.25, 0.3) is 0 Å². The second kappa shape index (κ2) is 6.63. The van der Waals surface area contributed by atoms with Crippen molar-refractivity contribution in [3.8, 4) is 0 Å². The molecule has 0 aromatic heterocycles. The van der Waals surface area contributed by atoms with Crippen LogP contribution in [0.1, 0.15) is 33.8 Å². The quantitative estimate of drug-likeness (QED) is 0.891. The molecule has 1 saturated heterocycles. The first-order valence-electron chi connectivity index (χ1n) is 7.42. The number of rotatable bonds is 4. The number of carboxylic acids is 1. The van der Waals surface area contributed by atoms with Crippen LogP contribution in [0, 0.1) is 0 Å². The maximum Gasteiger partial charge on any atom is 0.335 e. The third kappa shape index (κ3) is 3.57. The molecule has 1 heterocycles. The van der Waals surface area contributed by atoms with E-state index in [-0.39, 0.29) is 0 Å². The Morgan fingerprint density at radius 3 is 2.68 bits per heavy atom. The summed E-state index contributed by atoms with van der Waals surface area (Å²) in [6, 6.07) is 15.7.